The van der Waals surface area contributed by atoms with Crippen LogP contribution in [0.3, 0.4) is 0 Å². The second-order valence-electron chi connectivity index (χ2n) is 5.73. The summed E-state index contributed by atoms with van der Waals surface area (Å²) in [5.74, 6) is -1.42. The van der Waals surface area contributed by atoms with E-state index in [1.54, 1.807) is 6.07 Å². The Morgan fingerprint density at radius 2 is 1.95 bits per heavy atom. The second kappa shape index (κ2) is 5.29. The van der Waals surface area contributed by atoms with Crippen LogP contribution < -0.4 is 5.32 Å². The van der Waals surface area contributed by atoms with Gasteiger partial charge in [-0.15, -0.1) is 0 Å². The predicted octanol–water partition coefficient (Wildman–Crippen LogP) is 2.12. The number of aromatic nitrogens is 2. The van der Waals surface area contributed by atoms with Crippen molar-refractivity contribution in [2.75, 3.05) is 0 Å². The third kappa shape index (κ3) is 2.47. The largest absolute Gasteiger partial charge is 0.480 e. The number of carboxylic acid groups (broad SMARTS) is 1. The number of carbonyl (C=O) groups excluding carboxylic acids is 1. The smallest absolute Gasteiger partial charge is 0.329 e. The first kappa shape index (κ1) is 14.3. The maximum atomic E-state index is 12.2. The third-order valence-electron chi connectivity index (χ3n) is 4.14. The van der Waals surface area contributed by atoms with Crippen molar-refractivity contribution < 1.29 is 14.7 Å². The van der Waals surface area contributed by atoms with E-state index in [0.29, 0.717) is 18.5 Å². The Labute approximate surface area is 127 Å². The Kier molecular flexibility index (Phi) is 3.44. The molecule has 0 bridgehead atoms. The van der Waals surface area contributed by atoms with Crippen LogP contribution in [-0.4, -0.2) is 32.7 Å². The van der Waals surface area contributed by atoms with E-state index in [2.05, 4.69) is 15.5 Å². The predicted molar refractivity (Wildman–Crippen MR) is 80.4 cm³/mol. The maximum Gasteiger partial charge on any atom is 0.329 e. The quantitative estimate of drug-likeness (QED) is 0.806. The van der Waals surface area contributed by atoms with E-state index >= 15 is 0 Å². The summed E-state index contributed by atoms with van der Waals surface area (Å²) < 4.78 is 0. The fraction of sp³-hybridized carbons (Fsp3) is 0.312. The van der Waals surface area contributed by atoms with Gasteiger partial charge in [0.1, 0.15) is 11.2 Å². The van der Waals surface area contributed by atoms with Crippen LogP contribution in [0.25, 0.3) is 11.3 Å². The minimum absolute atomic E-state index is 0.267. The lowest BCUT2D eigenvalue weighted by Crippen LogP contribution is -2.59. The number of rotatable bonds is 4. The monoisotopic (exact) mass is 299 g/mol. The number of carbonyl (C=O) groups is 2. The van der Waals surface area contributed by atoms with Gasteiger partial charge in [-0.25, -0.2) is 4.79 Å². The highest BCUT2D eigenvalue weighted by Crippen LogP contribution is 2.32. The molecule has 1 amide bonds. The van der Waals surface area contributed by atoms with Crippen LogP contribution in [0.2, 0.25) is 0 Å². The Hall–Kier alpha value is -2.63. The first-order valence-electron chi connectivity index (χ1n) is 7.18. The summed E-state index contributed by atoms with van der Waals surface area (Å²) in [6, 6.07) is 9.43. The van der Waals surface area contributed by atoms with E-state index in [1.165, 1.54) is 0 Å². The van der Waals surface area contributed by atoms with Crippen LogP contribution in [-0.2, 0) is 4.79 Å². The van der Waals surface area contributed by atoms with Crippen molar-refractivity contribution in [3.63, 3.8) is 0 Å². The summed E-state index contributed by atoms with van der Waals surface area (Å²) in [5, 5.41) is 18.7. The lowest BCUT2D eigenvalue weighted by Gasteiger charge is -2.37. The molecular formula is C16H17N3O3. The van der Waals surface area contributed by atoms with Gasteiger partial charge in [-0.2, -0.15) is 5.10 Å². The summed E-state index contributed by atoms with van der Waals surface area (Å²) in [4.78, 5) is 23.5. The van der Waals surface area contributed by atoms with Crippen LogP contribution in [0.1, 0.15) is 35.3 Å². The lowest BCUT2D eigenvalue weighted by atomic mass is 9.76. The molecule has 0 unspecified atom stereocenters. The minimum atomic E-state index is -1.12. The fourth-order valence-corrected chi connectivity index (χ4v) is 2.52. The minimum Gasteiger partial charge on any atom is -0.480 e. The molecule has 1 aliphatic rings. The van der Waals surface area contributed by atoms with Gasteiger partial charge in [0, 0.05) is 5.56 Å². The number of aliphatic carboxylic acids is 1. The number of amides is 1. The molecule has 6 nitrogen and oxygen atoms in total. The number of carboxylic acids is 1. The Morgan fingerprint density at radius 1 is 1.27 bits per heavy atom. The number of hydrogen-bond acceptors (Lipinski definition) is 3. The van der Waals surface area contributed by atoms with Gasteiger partial charge in [-0.1, -0.05) is 29.8 Å². The number of nitrogens with zero attached hydrogens (tertiary/aromatic N) is 1. The van der Waals surface area contributed by atoms with E-state index in [-0.39, 0.29) is 5.69 Å². The van der Waals surface area contributed by atoms with Crippen LogP contribution in [0.4, 0.5) is 0 Å². The molecule has 22 heavy (non-hydrogen) atoms. The van der Waals surface area contributed by atoms with Gasteiger partial charge in [-0.3, -0.25) is 9.89 Å². The highest BCUT2D eigenvalue weighted by molar-refractivity contribution is 5.97. The molecule has 1 heterocycles. The first-order chi connectivity index (χ1) is 10.5. The molecule has 3 rings (SSSR count). The molecule has 0 spiro atoms. The van der Waals surface area contributed by atoms with Gasteiger partial charge in [-0.05, 0) is 32.3 Å². The number of benzene rings is 1. The number of aromatic amines is 1. The number of aryl methyl sites for hydroxylation is 1. The van der Waals surface area contributed by atoms with Crippen molar-refractivity contribution in [2.45, 2.75) is 31.7 Å². The summed E-state index contributed by atoms with van der Waals surface area (Å²) in [7, 11) is 0. The van der Waals surface area contributed by atoms with E-state index < -0.39 is 17.4 Å². The average Bonchev–Trinajstić information content (AvgIpc) is 2.93. The molecule has 0 aliphatic heterocycles. The molecule has 6 heteroatoms. The van der Waals surface area contributed by atoms with Gasteiger partial charge < -0.3 is 10.4 Å². The zero-order chi connectivity index (χ0) is 15.7. The molecule has 3 N–H and O–H groups in total. The molecule has 1 aromatic carbocycles. The van der Waals surface area contributed by atoms with Crippen LogP contribution >= 0.6 is 0 Å². The van der Waals surface area contributed by atoms with Crippen molar-refractivity contribution in [3.05, 3.63) is 41.6 Å². The average molecular weight is 299 g/mol. The Morgan fingerprint density at radius 3 is 2.50 bits per heavy atom. The van der Waals surface area contributed by atoms with Gasteiger partial charge >= 0.3 is 5.97 Å². The summed E-state index contributed by atoms with van der Waals surface area (Å²) >= 11 is 0. The Bertz CT molecular complexity index is 714. The number of nitrogens with one attached hydrogen (secondary N) is 2. The van der Waals surface area contributed by atoms with Gasteiger partial charge in [0.15, 0.2) is 0 Å². The molecule has 0 atom stereocenters. The van der Waals surface area contributed by atoms with Crippen LogP contribution in [0.15, 0.2) is 30.3 Å². The highest BCUT2D eigenvalue weighted by Gasteiger charge is 2.45. The van der Waals surface area contributed by atoms with E-state index in [0.717, 1.165) is 17.5 Å². The number of hydrogen-bond donors (Lipinski definition) is 3. The van der Waals surface area contributed by atoms with Crippen molar-refractivity contribution in [1.29, 1.82) is 0 Å². The van der Waals surface area contributed by atoms with E-state index in [4.69, 9.17) is 0 Å². The summed E-state index contributed by atoms with van der Waals surface area (Å²) in [6.07, 6.45) is 1.74. The SMILES string of the molecule is Cc1ccc(-c2cc(C(=O)NC3(C(=O)O)CCC3)[nH]n2)cc1. The Balaban J connectivity index is 1.77. The van der Waals surface area contributed by atoms with Crippen LogP contribution in [0, 0.1) is 6.92 Å². The maximum absolute atomic E-state index is 12.2. The molecule has 1 saturated carbocycles. The molecule has 0 radical (unpaired) electrons. The van der Waals surface area contributed by atoms with E-state index in [9.17, 15) is 14.7 Å². The van der Waals surface area contributed by atoms with Gasteiger partial charge in [0.25, 0.3) is 5.91 Å². The van der Waals surface area contributed by atoms with Crippen molar-refractivity contribution in [2.24, 2.45) is 0 Å². The second-order valence-corrected chi connectivity index (χ2v) is 5.73. The standard InChI is InChI=1S/C16H17N3O3/c1-10-3-5-11(6-4-10)12-9-13(19-18-12)14(20)17-16(15(21)22)7-2-8-16/h3-6,9H,2,7-8H2,1H3,(H,17,20)(H,18,19)(H,21,22). The first-order valence-corrected chi connectivity index (χ1v) is 7.18. The van der Waals surface area contributed by atoms with Gasteiger partial charge in [0.2, 0.25) is 0 Å². The van der Waals surface area contributed by atoms with Gasteiger partial charge in [0.05, 0.1) is 5.69 Å². The van der Waals surface area contributed by atoms with Crippen LogP contribution in [0.5, 0.6) is 0 Å². The van der Waals surface area contributed by atoms with E-state index in [1.807, 2.05) is 31.2 Å². The zero-order valence-electron chi connectivity index (χ0n) is 12.2. The molecule has 2 aromatic rings. The highest BCUT2D eigenvalue weighted by atomic mass is 16.4. The molecule has 1 aliphatic carbocycles. The summed E-state index contributed by atoms with van der Waals surface area (Å²) in [5.41, 5.74) is 1.85. The third-order valence-corrected chi connectivity index (χ3v) is 4.14. The molecule has 1 fully saturated rings. The molecule has 1 aromatic heterocycles. The fourth-order valence-electron chi connectivity index (χ4n) is 2.52. The van der Waals surface area contributed by atoms with Crippen molar-refractivity contribution >= 4 is 11.9 Å². The number of H-pyrrole nitrogens is 1. The van der Waals surface area contributed by atoms with Crippen molar-refractivity contribution in [1.82, 2.24) is 15.5 Å². The van der Waals surface area contributed by atoms with Crippen molar-refractivity contribution in [3.8, 4) is 11.3 Å². The molecule has 0 saturated heterocycles. The zero-order valence-corrected chi connectivity index (χ0v) is 12.2. The normalized spacial score (nSPS) is 15.9. The lowest BCUT2D eigenvalue weighted by molar-refractivity contribution is -0.148. The molecule has 114 valence electrons. The molecular weight excluding hydrogens is 282 g/mol. The summed E-state index contributed by atoms with van der Waals surface area (Å²) in [6.45, 7) is 2.00. The topological polar surface area (TPSA) is 95.1 Å².